The predicted molar refractivity (Wildman–Crippen MR) is 58.8 cm³/mol. The van der Waals surface area contributed by atoms with Crippen LogP contribution in [0, 0.1) is 10.5 Å². The van der Waals surface area contributed by atoms with Crippen molar-refractivity contribution in [2.24, 2.45) is 0 Å². The molecule has 1 aromatic carbocycles. The maximum atomic E-state index is 4.33. The third kappa shape index (κ3) is 1.89. The molecule has 0 radical (unpaired) electrons. The molecule has 0 spiro atoms. The van der Waals surface area contributed by atoms with E-state index in [4.69, 9.17) is 0 Å². The van der Waals surface area contributed by atoms with Gasteiger partial charge in [0.1, 0.15) is 0 Å². The minimum Gasteiger partial charge on any atom is -0.142 e. The van der Waals surface area contributed by atoms with Gasteiger partial charge in [-0.25, -0.2) is 0 Å². The number of aryl methyl sites for hydroxylation is 1. The molecule has 0 aliphatic carbocycles. The molecule has 10 heavy (non-hydrogen) atoms. The van der Waals surface area contributed by atoms with E-state index in [1.54, 1.807) is 0 Å². The van der Waals surface area contributed by atoms with Crippen LogP contribution in [0.1, 0.15) is 5.56 Å². The Morgan fingerprint density at radius 1 is 1.50 bits per heavy atom. The van der Waals surface area contributed by atoms with Crippen molar-refractivity contribution in [3.8, 4) is 0 Å². The Morgan fingerprint density at radius 2 is 2.10 bits per heavy atom. The summed E-state index contributed by atoms with van der Waals surface area (Å²) in [5.41, 5.74) is 1.21. The van der Waals surface area contributed by atoms with Gasteiger partial charge < -0.3 is 0 Å². The number of rotatable bonds is 0. The summed E-state index contributed by atoms with van der Waals surface area (Å²) in [6.07, 6.45) is 0. The first-order valence-electron chi connectivity index (χ1n) is 2.76. The molecule has 1 aromatic rings. The van der Waals surface area contributed by atoms with Crippen LogP contribution in [-0.2, 0) is 0 Å². The number of halogens is 2. The minimum absolute atomic E-state index is 1.07. The van der Waals surface area contributed by atoms with E-state index in [1.165, 1.54) is 9.13 Å². The van der Waals surface area contributed by atoms with E-state index in [0.717, 1.165) is 9.37 Å². The summed E-state index contributed by atoms with van der Waals surface area (Å²) < 4.78 is 2.31. The van der Waals surface area contributed by atoms with Crippen LogP contribution in [0.25, 0.3) is 0 Å². The molecule has 0 heterocycles. The third-order valence-electron chi connectivity index (χ3n) is 1.22. The SMILES string of the molecule is Cc1cc(Br)cc(I)c1S. The van der Waals surface area contributed by atoms with E-state index < -0.39 is 0 Å². The first-order valence-corrected chi connectivity index (χ1v) is 5.08. The Bertz CT molecular complexity index is 237. The number of hydrogen-bond acceptors (Lipinski definition) is 1. The van der Waals surface area contributed by atoms with Gasteiger partial charge in [-0.3, -0.25) is 0 Å². The summed E-state index contributed by atoms with van der Waals surface area (Å²) in [5.74, 6) is 0. The largest absolute Gasteiger partial charge is 0.142 e. The van der Waals surface area contributed by atoms with Crippen molar-refractivity contribution < 1.29 is 0 Å². The summed E-state index contributed by atoms with van der Waals surface area (Å²) in [7, 11) is 0. The molecular formula is C7H6BrIS. The number of thiol groups is 1. The molecule has 0 N–H and O–H groups in total. The fourth-order valence-corrected chi connectivity index (χ4v) is 2.58. The summed E-state index contributed by atoms with van der Waals surface area (Å²) in [4.78, 5) is 1.07. The van der Waals surface area contributed by atoms with Crippen LogP contribution in [-0.4, -0.2) is 0 Å². The maximum Gasteiger partial charge on any atom is 0.0277 e. The van der Waals surface area contributed by atoms with Crippen molar-refractivity contribution in [1.82, 2.24) is 0 Å². The van der Waals surface area contributed by atoms with Crippen LogP contribution in [0.15, 0.2) is 21.5 Å². The second-order valence-electron chi connectivity index (χ2n) is 2.05. The first kappa shape index (κ1) is 8.87. The van der Waals surface area contributed by atoms with E-state index in [-0.39, 0.29) is 0 Å². The lowest BCUT2D eigenvalue weighted by Crippen LogP contribution is -1.80. The number of hydrogen-bond donors (Lipinski definition) is 1. The molecule has 1 rings (SSSR count). The van der Waals surface area contributed by atoms with Crippen LogP contribution >= 0.6 is 51.1 Å². The Balaban J connectivity index is 3.31. The van der Waals surface area contributed by atoms with Gasteiger partial charge in [0.15, 0.2) is 0 Å². The van der Waals surface area contributed by atoms with Crippen molar-refractivity contribution in [1.29, 1.82) is 0 Å². The van der Waals surface area contributed by atoms with Gasteiger partial charge >= 0.3 is 0 Å². The van der Waals surface area contributed by atoms with Gasteiger partial charge in [-0.15, -0.1) is 12.6 Å². The van der Waals surface area contributed by atoms with Crippen molar-refractivity contribution >= 4 is 51.1 Å². The highest BCUT2D eigenvalue weighted by Gasteiger charge is 1.99. The Hall–Kier alpha value is 0.780. The minimum atomic E-state index is 1.07. The summed E-state index contributed by atoms with van der Waals surface area (Å²) in [6, 6.07) is 4.11. The Labute approximate surface area is 88.1 Å². The lowest BCUT2D eigenvalue weighted by molar-refractivity contribution is 1.26. The zero-order valence-electron chi connectivity index (χ0n) is 5.36. The molecule has 3 heteroatoms. The third-order valence-corrected chi connectivity index (χ3v) is 3.55. The molecule has 0 nitrogen and oxygen atoms in total. The van der Waals surface area contributed by atoms with E-state index in [1.807, 2.05) is 0 Å². The zero-order chi connectivity index (χ0) is 7.72. The van der Waals surface area contributed by atoms with Gasteiger partial charge in [-0.2, -0.15) is 0 Å². The van der Waals surface area contributed by atoms with Crippen LogP contribution in [0.2, 0.25) is 0 Å². The highest BCUT2D eigenvalue weighted by molar-refractivity contribution is 14.1. The molecule has 0 aromatic heterocycles. The van der Waals surface area contributed by atoms with Crippen LogP contribution in [0.3, 0.4) is 0 Å². The second kappa shape index (κ2) is 3.45. The first-order chi connectivity index (χ1) is 4.61. The van der Waals surface area contributed by atoms with Gasteiger partial charge in [0, 0.05) is 12.9 Å². The highest BCUT2D eigenvalue weighted by Crippen LogP contribution is 2.24. The predicted octanol–water partition coefficient (Wildman–Crippen LogP) is 3.65. The molecule has 0 saturated carbocycles. The summed E-state index contributed by atoms with van der Waals surface area (Å²) >= 11 is 10.0. The summed E-state index contributed by atoms with van der Waals surface area (Å²) in [5, 5.41) is 0. The molecule has 54 valence electrons. The lowest BCUT2D eigenvalue weighted by atomic mass is 10.2. The van der Waals surface area contributed by atoms with Gasteiger partial charge in [-0.05, 0) is 47.2 Å². The standard InChI is InChI=1S/C7H6BrIS/c1-4-2-5(8)3-6(9)7(4)10/h2-3,10H,1H3. The maximum absolute atomic E-state index is 4.33. The highest BCUT2D eigenvalue weighted by atomic mass is 127. The number of benzene rings is 1. The quantitative estimate of drug-likeness (QED) is 0.545. The van der Waals surface area contributed by atoms with Crippen LogP contribution < -0.4 is 0 Å². The van der Waals surface area contributed by atoms with Gasteiger partial charge in [0.2, 0.25) is 0 Å². The lowest BCUT2D eigenvalue weighted by Gasteiger charge is -2.01. The van der Waals surface area contributed by atoms with Gasteiger partial charge in [0.25, 0.3) is 0 Å². The Kier molecular flexibility index (Phi) is 3.06. The summed E-state index contributed by atoms with van der Waals surface area (Å²) in [6.45, 7) is 2.05. The molecule has 0 bridgehead atoms. The average Bonchev–Trinajstić information content (AvgIpc) is 1.82. The average molecular weight is 329 g/mol. The van der Waals surface area contributed by atoms with Crippen LogP contribution in [0.5, 0.6) is 0 Å². The fraction of sp³-hybridized carbons (Fsp3) is 0.143. The molecule has 0 saturated heterocycles. The normalized spacial score (nSPS) is 10.0. The topological polar surface area (TPSA) is 0 Å². The Morgan fingerprint density at radius 3 is 2.60 bits per heavy atom. The van der Waals surface area contributed by atoms with Crippen molar-refractivity contribution in [3.63, 3.8) is 0 Å². The molecule has 0 unspecified atom stereocenters. The van der Waals surface area contributed by atoms with Gasteiger partial charge in [-0.1, -0.05) is 15.9 Å². The fourth-order valence-electron chi connectivity index (χ4n) is 0.695. The monoisotopic (exact) mass is 328 g/mol. The van der Waals surface area contributed by atoms with E-state index in [9.17, 15) is 0 Å². The van der Waals surface area contributed by atoms with Crippen molar-refractivity contribution in [2.45, 2.75) is 11.8 Å². The van der Waals surface area contributed by atoms with E-state index >= 15 is 0 Å². The van der Waals surface area contributed by atoms with Crippen molar-refractivity contribution in [2.75, 3.05) is 0 Å². The van der Waals surface area contributed by atoms with Crippen molar-refractivity contribution in [3.05, 3.63) is 25.7 Å². The molecule has 0 atom stereocenters. The smallest absolute Gasteiger partial charge is 0.0277 e. The van der Waals surface area contributed by atoms with Crippen LogP contribution in [0.4, 0.5) is 0 Å². The molecule has 0 fully saturated rings. The molecular weight excluding hydrogens is 323 g/mol. The zero-order valence-corrected chi connectivity index (χ0v) is 10.00. The molecule has 0 aliphatic heterocycles. The second-order valence-corrected chi connectivity index (χ2v) is 4.58. The van der Waals surface area contributed by atoms with Gasteiger partial charge in [0.05, 0.1) is 0 Å². The molecule has 0 amide bonds. The molecule has 0 aliphatic rings. The van der Waals surface area contributed by atoms with E-state index in [2.05, 4.69) is 70.2 Å². The van der Waals surface area contributed by atoms with E-state index in [0.29, 0.717) is 0 Å².